The summed E-state index contributed by atoms with van der Waals surface area (Å²) in [6, 6.07) is 0. The third-order valence-corrected chi connectivity index (χ3v) is 7.11. The van der Waals surface area contributed by atoms with Crippen LogP contribution in [0.1, 0.15) is 45.4 Å². The first-order valence-electron chi connectivity index (χ1n) is 11.0. The first kappa shape index (κ1) is 20.6. The highest BCUT2D eigenvalue weighted by molar-refractivity contribution is 7.99. The summed E-state index contributed by atoms with van der Waals surface area (Å²) in [5, 5.41) is 0.762. The second-order valence-electron chi connectivity index (χ2n) is 8.35. The lowest BCUT2D eigenvalue weighted by molar-refractivity contribution is 0.312. The number of anilines is 1. The molecule has 1 aliphatic heterocycles. The Morgan fingerprint density at radius 3 is 2.59 bits per heavy atom. The second-order valence-corrected chi connectivity index (χ2v) is 9.41. The molecule has 2 fully saturated rings. The van der Waals surface area contributed by atoms with Crippen molar-refractivity contribution in [3.05, 3.63) is 16.6 Å². The maximum Gasteiger partial charge on any atom is 0.270 e. The number of thioether (sulfide) groups is 1. The van der Waals surface area contributed by atoms with Gasteiger partial charge in [-0.15, -0.1) is 0 Å². The van der Waals surface area contributed by atoms with Crippen molar-refractivity contribution >= 4 is 28.7 Å². The van der Waals surface area contributed by atoms with Crippen LogP contribution >= 0.6 is 11.8 Å². The van der Waals surface area contributed by atoms with Gasteiger partial charge in [0, 0.05) is 38.5 Å². The summed E-state index contributed by atoms with van der Waals surface area (Å²) in [5.41, 5.74) is 1.44. The lowest BCUT2D eigenvalue weighted by Gasteiger charge is -2.33. The molecule has 8 heteroatoms. The van der Waals surface area contributed by atoms with E-state index in [2.05, 4.69) is 28.8 Å². The van der Waals surface area contributed by atoms with E-state index < -0.39 is 0 Å². The molecular formula is C21H32N6OS. The van der Waals surface area contributed by atoms with Gasteiger partial charge in [0.25, 0.3) is 5.56 Å². The Labute approximate surface area is 176 Å². The number of nitrogens with zero attached hydrogens (tertiary/aromatic N) is 6. The Morgan fingerprint density at radius 1 is 1.10 bits per heavy atom. The van der Waals surface area contributed by atoms with Crippen LogP contribution in [0.4, 0.5) is 5.82 Å². The topological polar surface area (TPSA) is 67.2 Å². The Balaban J connectivity index is 1.77. The van der Waals surface area contributed by atoms with Crippen molar-refractivity contribution in [2.75, 3.05) is 43.9 Å². The minimum Gasteiger partial charge on any atom is -0.352 e. The third-order valence-electron chi connectivity index (χ3n) is 6.06. The van der Waals surface area contributed by atoms with Crippen molar-refractivity contribution < 1.29 is 0 Å². The van der Waals surface area contributed by atoms with E-state index in [9.17, 15) is 4.79 Å². The summed E-state index contributed by atoms with van der Waals surface area (Å²) >= 11 is 1.67. The maximum absolute atomic E-state index is 12.8. The van der Waals surface area contributed by atoms with Crippen molar-refractivity contribution in [2.24, 2.45) is 5.92 Å². The first-order valence-corrected chi connectivity index (χ1v) is 12.0. The molecule has 0 aromatic carbocycles. The van der Waals surface area contributed by atoms with Gasteiger partial charge in [-0.3, -0.25) is 9.36 Å². The maximum atomic E-state index is 12.8. The Kier molecular flexibility index (Phi) is 6.70. The molecule has 158 valence electrons. The van der Waals surface area contributed by atoms with E-state index in [1.807, 2.05) is 4.57 Å². The molecule has 1 saturated carbocycles. The van der Waals surface area contributed by atoms with E-state index in [0.717, 1.165) is 61.4 Å². The molecule has 1 saturated heterocycles. The van der Waals surface area contributed by atoms with E-state index in [0.29, 0.717) is 11.6 Å². The van der Waals surface area contributed by atoms with Gasteiger partial charge < -0.3 is 9.80 Å². The van der Waals surface area contributed by atoms with Crippen molar-refractivity contribution in [2.45, 2.75) is 57.1 Å². The first-order chi connectivity index (χ1) is 14.2. The summed E-state index contributed by atoms with van der Waals surface area (Å²) in [4.78, 5) is 31.7. The zero-order valence-electron chi connectivity index (χ0n) is 17.6. The van der Waals surface area contributed by atoms with E-state index in [4.69, 9.17) is 9.97 Å². The minimum absolute atomic E-state index is 0.0439. The summed E-state index contributed by atoms with van der Waals surface area (Å²) < 4.78 is 1.87. The summed E-state index contributed by atoms with van der Waals surface area (Å²) in [7, 11) is 2.15. The lowest BCUT2D eigenvalue weighted by atomic mass is 9.89. The van der Waals surface area contributed by atoms with E-state index >= 15 is 0 Å². The molecule has 0 amide bonds. The van der Waals surface area contributed by atoms with Crippen molar-refractivity contribution in [3.8, 4) is 0 Å². The highest BCUT2D eigenvalue weighted by Crippen LogP contribution is 2.29. The zero-order valence-corrected chi connectivity index (χ0v) is 18.5. The number of hydrogen-bond donors (Lipinski definition) is 0. The Bertz CT molecular complexity index is 887. The fourth-order valence-corrected chi connectivity index (χ4v) is 5.00. The fourth-order valence-electron chi connectivity index (χ4n) is 4.31. The van der Waals surface area contributed by atoms with Crippen LogP contribution in [0.3, 0.4) is 0 Å². The molecule has 29 heavy (non-hydrogen) atoms. The quantitative estimate of drug-likeness (QED) is 0.530. The highest BCUT2D eigenvalue weighted by Gasteiger charge is 2.23. The molecule has 4 rings (SSSR count). The van der Waals surface area contributed by atoms with E-state index in [1.165, 1.54) is 38.3 Å². The van der Waals surface area contributed by atoms with E-state index in [1.54, 1.807) is 11.8 Å². The molecule has 0 N–H and O–H groups in total. The third kappa shape index (κ3) is 4.74. The number of fused-ring (bicyclic) bond motifs is 1. The molecule has 7 nitrogen and oxygen atoms in total. The lowest BCUT2D eigenvalue weighted by Crippen LogP contribution is -2.45. The number of hydrogen-bond acceptors (Lipinski definition) is 7. The van der Waals surface area contributed by atoms with Crippen molar-refractivity contribution in [3.63, 3.8) is 0 Å². The Morgan fingerprint density at radius 2 is 1.86 bits per heavy atom. The minimum atomic E-state index is -0.0439. The van der Waals surface area contributed by atoms with Crippen LogP contribution in [0.5, 0.6) is 0 Å². The van der Waals surface area contributed by atoms with Crippen molar-refractivity contribution in [1.29, 1.82) is 0 Å². The average molecular weight is 417 g/mol. The normalized spacial score (nSPS) is 19.2. The van der Waals surface area contributed by atoms with Crippen LogP contribution in [-0.4, -0.2) is 63.4 Å². The number of aromatic nitrogens is 4. The van der Waals surface area contributed by atoms with Crippen LogP contribution < -0.4 is 10.5 Å². The molecule has 3 heterocycles. The van der Waals surface area contributed by atoms with Gasteiger partial charge in [-0.25, -0.2) is 15.0 Å². The standard InChI is InChI=1S/C21H32N6OS/c1-3-13-29-21-23-19(26-11-9-25(2)10-12-26)18-20(24-21)27(17(28)14-22-18)15-16-7-5-4-6-8-16/h14,16H,3-13,15H2,1-2H3. The number of piperazine rings is 1. The van der Waals surface area contributed by atoms with E-state index in [-0.39, 0.29) is 5.56 Å². The SMILES string of the molecule is CCCSc1nc(N2CCN(C)CC2)c2ncc(=O)n(CC3CCCCC3)c2n1. The Hall–Kier alpha value is -1.67. The average Bonchev–Trinajstić information content (AvgIpc) is 2.75. The molecule has 2 aromatic heterocycles. The summed E-state index contributed by atoms with van der Waals surface area (Å²) in [6.45, 7) is 6.76. The number of rotatable bonds is 6. The van der Waals surface area contributed by atoms with Crippen molar-refractivity contribution in [1.82, 2.24) is 24.4 Å². The van der Waals surface area contributed by atoms with Gasteiger partial charge in [-0.05, 0) is 32.2 Å². The van der Waals surface area contributed by atoms with Gasteiger partial charge in [-0.1, -0.05) is 37.9 Å². The molecule has 0 spiro atoms. The molecule has 0 unspecified atom stereocenters. The molecule has 0 bridgehead atoms. The van der Waals surface area contributed by atoms with Crippen LogP contribution in [0.2, 0.25) is 0 Å². The number of likely N-dealkylation sites (N-methyl/N-ethyl adjacent to an activating group) is 1. The molecule has 0 radical (unpaired) electrons. The fraction of sp³-hybridized carbons (Fsp3) is 0.714. The predicted molar refractivity (Wildman–Crippen MR) is 119 cm³/mol. The van der Waals surface area contributed by atoms with Crippen LogP contribution in [-0.2, 0) is 6.54 Å². The summed E-state index contributed by atoms with van der Waals surface area (Å²) in [5.74, 6) is 2.42. The van der Waals surface area contributed by atoms with Crippen LogP contribution in [0.15, 0.2) is 16.1 Å². The van der Waals surface area contributed by atoms with Gasteiger partial charge in [0.2, 0.25) is 0 Å². The largest absolute Gasteiger partial charge is 0.352 e. The van der Waals surface area contributed by atoms with Crippen LogP contribution in [0.25, 0.3) is 11.2 Å². The van der Waals surface area contributed by atoms with Gasteiger partial charge in [-0.2, -0.15) is 0 Å². The predicted octanol–water partition coefficient (Wildman–Crippen LogP) is 3.02. The molecular weight excluding hydrogens is 384 g/mol. The smallest absolute Gasteiger partial charge is 0.270 e. The molecule has 2 aliphatic rings. The monoisotopic (exact) mass is 416 g/mol. The summed E-state index contributed by atoms with van der Waals surface area (Å²) in [6.07, 6.45) is 8.78. The van der Waals surface area contributed by atoms with Crippen LogP contribution in [0, 0.1) is 5.92 Å². The van der Waals surface area contributed by atoms with Gasteiger partial charge in [0.05, 0.1) is 6.20 Å². The zero-order chi connectivity index (χ0) is 20.2. The highest BCUT2D eigenvalue weighted by atomic mass is 32.2. The van der Waals surface area contributed by atoms with Gasteiger partial charge >= 0.3 is 0 Å². The molecule has 0 atom stereocenters. The van der Waals surface area contributed by atoms with Gasteiger partial charge in [0.1, 0.15) is 5.52 Å². The van der Waals surface area contributed by atoms with Gasteiger partial charge in [0.15, 0.2) is 16.6 Å². The molecule has 1 aliphatic carbocycles. The second kappa shape index (κ2) is 9.43. The molecule has 2 aromatic rings.